The third-order valence-corrected chi connectivity index (χ3v) is 2.49. The fourth-order valence-corrected chi connectivity index (χ4v) is 1.75. The maximum absolute atomic E-state index is 5.21. The highest BCUT2D eigenvalue weighted by molar-refractivity contribution is 5.30. The molecule has 1 aromatic rings. The van der Waals surface area contributed by atoms with Gasteiger partial charge in [-0.1, -0.05) is 19.1 Å². The smallest absolute Gasteiger partial charge is 0.119 e. The van der Waals surface area contributed by atoms with Crippen LogP contribution < -0.4 is 4.74 Å². The van der Waals surface area contributed by atoms with Gasteiger partial charge in [0.1, 0.15) is 5.75 Å². The quantitative estimate of drug-likeness (QED) is 0.729. The molecule has 0 bridgehead atoms. The Labute approximate surface area is 86.5 Å². The van der Waals surface area contributed by atoms with Crippen molar-refractivity contribution in [3.63, 3.8) is 0 Å². The molecule has 1 rings (SSSR count). The van der Waals surface area contributed by atoms with Gasteiger partial charge in [-0.2, -0.15) is 0 Å². The predicted octanol–water partition coefficient (Wildman–Crippen LogP) is 2.71. The van der Waals surface area contributed by atoms with E-state index in [0.29, 0.717) is 6.04 Å². The number of hydrogen-bond donors (Lipinski definition) is 0. The molecule has 0 heterocycles. The first kappa shape index (κ1) is 11.1. The Kier molecular flexibility index (Phi) is 3.96. The van der Waals surface area contributed by atoms with E-state index in [1.54, 1.807) is 7.11 Å². The van der Waals surface area contributed by atoms with Gasteiger partial charge in [0.05, 0.1) is 7.11 Å². The van der Waals surface area contributed by atoms with Crippen LogP contribution in [0.2, 0.25) is 0 Å². The molecule has 78 valence electrons. The average molecular weight is 193 g/mol. The van der Waals surface area contributed by atoms with Crippen LogP contribution in [-0.4, -0.2) is 26.1 Å². The number of hydrogen-bond acceptors (Lipinski definition) is 2. The summed E-state index contributed by atoms with van der Waals surface area (Å²) in [6.07, 6.45) is 1.11. The van der Waals surface area contributed by atoms with Gasteiger partial charge in [-0.15, -0.1) is 0 Å². The highest BCUT2D eigenvalue weighted by atomic mass is 16.5. The molecule has 14 heavy (non-hydrogen) atoms. The van der Waals surface area contributed by atoms with Crippen LogP contribution in [0.15, 0.2) is 24.3 Å². The molecule has 0 aliphatic carbocycles. The minimum absolute atomic E-state index is 0.477. The Balaban J connectivity index is 2.92. The molecule has 0 spiro atoms. The van der Waals surface area contributed by atoms with Gasteiger partial charge < -0.3 is 9.64 Å². The summed E-state index contributed by atoms with van der Waals surface area (Å²) in [7, 11) is 5.91. The Morgan fingerprint density at radius 1 is 1.36 bits per heavy atom. The molecule has 2 nitrogen and oxygen atoms in total. The molecule has 0 radical (unpaired) electrons. The number of ether oxygens (including phenoxy) is 1. The molecule has 0 aromatic heterocycles. The second-order valence-corrected chi connectivity index (χ2v) is 3.66. The molecule has 0 aliphatic rings. The van der Waals surface area contributed by atoms with Gasteiger partial charge in [0.2, 0.25) is 0 Å². The summed E-state index contributed by atoms with van der Waals surface area (Å²) in [5.74, 6) is 0.933. The molecule has 0 unspecified atom stereocenters. The first-order chi connectivity index (χ1) is 6.69. The highest BCUT2D eigenvalue weighted by Crippen LogP contribution is 2.24. The van der Waals surface area contributed by atoms with Crippen LogP contribution in [0.5, 0.6) is 5.75 Å². The summed E-state index contributed by atoms with van der Waals surface area (Å²) in [5, 5.41) is 0. The van der Waals surface area contributed by atoms with E-state index >= 15 is 0 Å². The third kappa shape index (κ3) is 2.48. The lowest BCUT2D eigenvalue weighted by molar-refractivity contribution is 0.291. The fraction of sp³-hybridized carbons (Fsp3) is 0.500. The molecule has 0 saturated heterocycles. The first-order valence-electron chi connectivity index (χ1n) is 4.99. The zero-order valence-corrected chi connectivity index (χ0v) is 9.45. The Morgan fingerprint density at radius 2 is 2.07 bits per heavy atom. The van der Waals surface area contributed by atoms with Crippen LogP contribution in [0, 0.1) is 0 Å². The summed E-state index contributed by atoms with van der Waals surface area (Å²) in [6.45, 7) is 2.20. The first-order valence-corrected chi connectivity index (χ1v) is 4.99. The third-order valence-electron chi connectivity index (χ3n) is 2.49. The van der Waals surface area contributed by atoms with E-state index in [0.717, 1.165) is 12.2 Å². The fourth-order valence-electron chi connectivity index (χ4n) is 1.75. The van der Waals surface area contributed by atoms with Crippen LogP contribution in [-0.2, 0) is 0 Å². The van der Waals surface area contributed by atoms with E-state index in [2.05, 4.69) is 38.1 Å². The van der Waals surface area contributed by atoms with Crippen molar-refractivity contribution >= 4 is 0 Å². The van der Waals surface area contributed by atoms with E-state index in [4.69, 9.17) is 4.74 Å². The van der Waals surface area contributed by atoms with Crippen molar-refractivity contribution in [2.45, 2.75) is 19.4 Å². The van der Waals surface area contributed by atoms with Crippen molar-refractivity contribution in [2.75, 3.05) is 21.2 Å². The van der Waals surface area contributed by atoms with Gasteiger partial charge in [0.25, 0.3) is 0 Å². The molecule has 0 fully saturated rings. The number of rotatable bonds is 4. The molecule has 0 aliphatic heterocycles. The van der Waals surface area contributed by atoms with Gasteiger partial charge in [0, 0.05) is 6.04 Å². The van der Waals surface area contributed by atoms with E-state index in [1.807, 2.05) is 12.1 Å². The molecule has 1 atom stereocenters. The van der Waals surface area contributed by atoms with Gasteiger partial charge in [-0.3, -0.25) is 0 Å². The Morgan fingerprint density at radius 3 is 2.57 bits per heavy atom. The topological polar surface area (TPSA) is 12.5 Å². The predicted molar refractivity (Wildman–Crippen MR) is 59.7 cm³/mol. The van der Waals surface area contributed by atoms with Crippen molar-refractivity contribution in [2.24, 2.45) is 0 Å². The van der Waals surface area contributed by atoms with Gasteiger partial charge >= 0.3 is 0 Å². The standard InChI is InChI=1S/C12H19NO/c1-5-12(13(2)3)10-7-6-8-11(9-10)14-4/h6-9,12H,5H2,1-4H3/t12-/m0/s1. The van der Waals surface area contributed by atoms with E-state index in [9.17, 15) is 0 Å². The summed E-state index contributed by atoms with van der Waals surface area (Å²) < 4.78 is 5.21. The van der Waals surface area contributed by atoms with Gasteiger partial charge in [-0.25, -0.2) is 0 Å². The molecular weight excluding hydrogens is 174 g/mol. The number of methoxy groups -OCH3 is 1. The van der Waals surface area contributed by atoms with Crippen LogP contribution in [0.25, 0.3) is 0 Å². The highest BCUT2D eigenvalue weighted by Gasteiger charge is 2.11. The molecule has 0 amide bonds. The molecule has 0 saturated carbocycles. The second kappa shape index (κ2) is 5.01. The van der Waals surface area contributed by atoms with Crippen molar-refractivity contribution in [3.05, 3.63) is 29.8 Å². The van der Waals surface area contributed by atoms with Crippen molar-refractivity contribution in [3.8, 4) is 5.75 Å². The lowest BCUT2D eigenvalue weighted by Gasteiger charge is -2.23. The lowest BCUT2D eigenvalue weighted by atomic mass is 10.0. The van der Waals surface area contributed by atoms with Crippen molar-refractivity contribution in [1.82, 2.24) is 4.90 Å². The van der Waals surface area contributed by atoms with Gasteiger partial charge in [-0.05, 0) is 38.2 Å². The zero-order chi connectivity index (χ0) is 10.6. The molecular formula is C12H19NO. The minimum atomic E-state index is 0.477. The summed E-state index contributed by atoms with van der Waals surface area (Å²) >= 11 is 0. The normalized spacial score (nSPS) is 12.9. The van der Waals surface area contributed by atoms with E-state index in [1.165, 1.54) is 5.56 Å². The summed E-state index contributed by atoms with van der Waals surface area (Å²) in [4.78, 5) is 2.23. The van der Waals surface area contributed by atoms with Crippen LogP contribution in [0.4, 0.5) is 0 Å². The molecule has 2 heteroatoms. The van der Waals surface area contributed by atoms with Crippen LogP contribution >= 0.6 is 0 Å². The van der Waals surface area contributed by atoms with E-state index < -0.39 is 0 Å². The number of benzene rings is 1. The Hall–Kier alpha value is -1.02. The monoisotopic (exact) mass is 193 g/mol. The zero-order valence-electron chi connectivity index (χ0n) is 9.45. The Bertz CT molecular complexity index is 283. The largest absolute Gasteiger partial charge is 0.497 e. The van der Waals surface area contributed by atoms with Crippen molar-refractivity contribution in [1.29, 1.82) is 0 Å². The van der Waals surface area contributed by atoms with E-state index in [-0.39, 0.29) is 0 Å². The van der Waals surface area contributed by atoms with Crippen LogP contribution in [0.1, 0.15) is 24.9 Å². The molecule has 1 aromatic carbocycles. The summed E-state index contributed by atoms with van der Waals surface area (Å²) in [5.41, 5.74) is 1.32. The minimum Gasteiger partial charge on any atom is -0.497 e. The SMILES string of the molecule is CC[C@@H](c1cccc(OC)c1)N(C)C. The summed E-state index contributed by atoms with van der Waals surface area (Å²) in [6, 6.07) is 8.75. The van der Waals surface area contributed by atoms with Gasteiger partial charge in [0.15, 0.2) is 0 Å². The molecule has 0 N–H and O–H groups in total. The average Bonchev–Trinajstić information content (AvgIpc) is 2.19. The lowest BCUT2D eigenvalue weighted by Crippen LogP contribution is -2.19. The maximum Gasteiger partial charge on any atom is 0.119 e. The number of nitrogens with zero attached hydrogens (tertiary/aromatic N) is 1. The second-order valence-electron chi connectivity index (χ2n) is 3.66. The van der Waals surface area contributed by atoms with Crippen LogP contribution in [0.3, 0.4) is 0 Å². The van der Waals surface area contributed by atoms with Crippen molar-refractivity contribution < 1.29 is 4.74 Å². The maximum atomic E-state index is 5.21.